The molecule has 3 nitrogen and oxygen atoms in total. The molecule has 2 heterocycles. The fourth-order valence-corrected chi connectivity index (χ4v) is 2.62. The largest absolute Gasteiger partial charge is 0.319 e. The molecule has 0 saturated heterocycles. The Kier molecular flexibility index (Phi) is 3.07. The number of pyridine rings is 1. The summed E-state index contributed by atoms with van der Waals surface area (Å²) in [5.74, 6) is 0. The van der Waals surface area contributed by atoms with Crippen LogP contribution in [0, 0.1) is 20.8 Å². The Bertz CT molecular complexity index is 771. The van der Waals surface area contributed by atoms with E-state index in [4.69, 9.17) is 5.73 Å². The highest BCUT2D eigenvalue weighted by atomic mass is 15.0. The predicted molar refractivity (Wildman–Crippen MR) is 81.9 cm³/mol. The van der Waals surface area contributed by atoms with Gasteiger partial charge in [0.25, 0.3) is 0 Å². The minimum atomic E-state index is -0.160. The number of nitrogens with zero attached hydrogens (tertiary/aromatic N) is 2. The molecule has 0 aliphatic rings. The van der Waals surface area contributed by atoms with Crippen LogP contribution < -0.4 is 5.73 Å². The first kappa shape index (κ1) is 12.9. The van der Waals surface area contributed by atoms with Gasteiger partial charge in [0.2, 0.25) is 0 Å². The van der Waals surface area contributed by atoms with Crippen molar-refractivity contribution < 1.29 is 0 Å². The van der Waals surface area contributed by atoms with E-state index in [-0.39, 0.29) is 6.04 Å². The lowest BCUT2D eigenvalue weighted by Crippen LogP contribution is -2.15. The molecule has 0 bridgehead atoms. The second kappa shape index (κ2) is 4.76. The molecule has 3 heteroatoms. The van der Waals surface area contributed by atoms with E-state index in [2.05, 4.69) is 41.4 Å². The zero-order valence-corrected chi connectivity index (χ0v) is 12.1. The van der Waals surface area contributed by atoms with E-state index in [0.29, 0.717) is 0 Å². The Morgan fingerprint density at radius 2 is 1.85 bits per heavy atom. The summed E-state index contributed by atoms with van der Waals surface area (Å²) < 4.78 is 2.08. The van der Waals surface area contributed by atoms with Crippen molar-refractivity contribution in [2.45, 2.75) is 26.8 Å². The first-order valence-corrected chi connectivity index (χ1v) is 6.84. The highest BCUT2D eigenvalue weighted by molar-refractivity contribution is 5.46. The van der Waals surface area contributed by atoms with Crippen molar-refractivity contribution in [3.05, 3.63) is 70.7 Å². The van der Waals surface area contributed by atoms with Crippen LogP contribution in [0.4, 0.5) is 0 Å². The number of nitrogens with two attached hydrogens (primary N) is 1. The van der Waals surface area contributed by atoms with Crippen LogP contribution in [0.3, 0.4) is 0 Å². The number of imidazole rings is 1. The summed E-state index contributed by atoms with van der Waals surface area (Å²) in [5.41, 5.74) is 13.2. The molecule has 1 unspecified atom stereocenters. The van der Waals surface area contributed by atoms with Gasteiger partial charge in [-0.15, -0.1) is 0 Å². The van der Waals surface area contributed by atoms with Gasteiger partial charge < -0.3 is 10.1 Å². The van der Waals surface area contributed by atoms with Gasteiger partial charge in [-0.05, 0) is 49.6 Å². The molecular formula is C17H19N3. The second-order valence-corrected chi connectivity index (χ2v) is 5.33. The molecule has 20 heavy (non-hydrogen) atoms. The number of benzene rings is 1. The Morgan fingerprint density at radius 3 is 2.60 bits per heavy atom. The third kappa shape index (κ3) is 2.00. The molecule has 0 aliphatic heterocycles. The first-order valence-electron chi connectivity index (χ1n) is 6.84. The lowest BCUT2D eigenvalue weighted by Gasteiger charge is -2.15. The molecule has 1 aromatic carbocycles. The molecule has 2 aromatic heterocycles. The van der Waals surface area contributed by atoms with Gasteiger partial charge in [0.1, 0.15) is 5.65 Å². The molecule has 0 saturated carbocycles. The van der Waals surface area contributed by atoms with Gasteiger partial charge in [0, 0.05) is 6.20 Å². The number of aromatic nitrogens is 2. The summed E-state index contributed by atoms with van der Waals surface area (Å²) in [7, 11) is 0. The van der Waals surface area contributed by atoms with Gasteiger partial charge in [0.15, 0.2) is 0 Å². The van der Waals surface area contributed by atoms with E-state index >= 15 is 0 Å². The van der Waals surface area contributed by atoms with E-state index in [0.717, 1.165) is 22.6 Å². The van der Waals surface area contributed by atoms with Crippen LogP contribution in [0.1, 0.15) is 34.1 Å². The monoisotopic (exact) mass is 265 g/mol. The molecule has 0 aliphatic carbocycles. The number of hydrogen-bond acceptors (Lipinski definition) is 2. The van der Waals surface area contributed by atoms with Crippen molar-refractivity contribution in [2.75, 3.05) is 0 Å². The van der Waals surface area contributed by atoms with Gasteiger partial charge in [-0.1, -0.05) is 24.3 Å². The molecule has 2 N–H and O–H groups in total. The average molecular weight is 265 g/mol. The summed E-state index contributed by atoms with van der Waals surface area (Å²) >= 11 is 0. The average Bonchev–Trinajstić information content (AvgIpc) is 2.77. The van der Waals surface area contributed by atoms with E-state index in [1.165, 1.54) is 11.1 Å². The maximum Gasteiger partial charge on any atom is 0.137 e. The SMILES string of the molecule is Cc1ccc(C(N)c2c(C)nc3ccccn23)cc1C. The van der Waals surface area contributed by atoms with Crippen molar-refractivity contribution in [1.82, 2.24) is 9.38 Å². The summed E-state index contributed by atoms with van der Waals surface area (Å²) in [6, 6.07) is 12.2. The third-order valence-corrected chi connectivity index (χ3v) is 3.94. The zero-order valence-electron chi connectivity index (χ0n) is 12.1. The topological polar surface area (TPSA) is 43.3 Å². The van der Waals surface area contributed by atoms with Crippen molar-refractivity contribution in [3.8, 4) is 0 Å². The quantitative estimate of drug-likeness (QED) is 0.772. The number of rotatable bonds is 2. The van der Waals surface area contributed by atoms with E-state index in [9.17, 15) is 0 Å². The van der Waals surface area contributed by atoms with Crippen LogP contribution >= 0.6 is 0 Å². The van der Waals surface area contributed by atoms with Crippen LogP contribution in [0.5, 0.6) is 0 Å². The standard InChI is InChI=1S/C17H19N3/c1-11-7-8-14(10-12(11)2)16(18)17-13(3)19-15-6-4-5-9-20(15)17/h4-10,16H,18H2,1-3H3. The molecule has 0 amide bonds. The van der Waals surface area contributed by atoms with E-state index < -0.39 is 0 Å². The smallest absolute Gasteiger partial charge is 0.137 e. The molecule has 0 radical (unpaired) electrons. The van der Waals surface area contributed by atoms with Gasteiger partial charge in [-0.25, -0.2) is 4.98 Å². The Hall–Kier alpha value is -2.13. The maximum atomic E-state index is 6.49. The highest BCUT2D eigenvalue weighted by Gasteiger charge is 2.17. The lowest BCUT2D eigenvalue weighted by molar-refractivity contribution is 0.803. The van der Waals surface area contributed by atoms with Crippen LogP contribution in [0.25, 0.3) is 5.65 Å². The molecule has 3 aromatic rings. The Labute approximate surface area is 119 Å². The summed E-state index contributed by atoms with van der Waals surface area (Å²) in [6.07, 6.45) is 2.02. The molecular weight excluding hydrogens is 246 g/mol. The fraction of sp³-hybridized carbons (Fsp3) is 0.235. The number of hydrogen-bond donors (Lipinski definition) is 1. The maximum absolute atomic E-state index is 6.49. The lowest BCUT2D eigenvalue weighted by atomic mass is 9.99. The second-order valence-electron chi connectivity index (χ2n) is 5.33. The Morgan fingerprint density at radius 1 is 1.05 bits per heavy atom. The van der Waals surface area contributed by atoms with E-state index in [1.807, 2.05) is 31.3 Å². The van der Waals surface area contributed by atoms with Gasteiger partial charge in [0.05, 0.1) is 17.4 Å². The van der Waals surface area contributed by atoms with Gasteiger partial charge in [-0.2, -0.15) is 0 Å². The molecule has 102 valence electrons. The van der Waals surface area contributed by atoms with Crippen molar-refractivity contribution in [3.63, 3.8) is 0 Å². The van der Waals surface area contributed by atoms with Crippen molar-refractivity contribution >= 4 is 5.65 Å². The van der Waals surface area contributed by atoms with Gasteiger partial charge in [-0.3, -0.25) is 0 Å². The summed E-state index contributed by atoms with van der Waals surface area (Å²) in [4.78, 5) is 4.58. The number of fused-ring (bicyclic) bond motifs is 1. The van der Waals surface area contributed by atoms with Crippen molar-refractivity contribution in [2.24, 2.45) is 5.73 Å². The van der Waals surface area contributed by atoms with Crippen LogP contribution in [-0.4, -0.2) is 9.38 Å². The summed E-state index contributed by atoms with van der Waals surface area (Å²) in [6.45, 7) is 6.25. The highest BCUT2D eigenvalue weighted by Crippen LogP contribution is 2.25. The minimum absolute atomic E-state index is 0.160. The first-order chi connectivity index (χ1) is 9.58. The molecule has 1 atom stereocenters. The molecule has 0 spiro atoms. The molecule has 3 rings (SSSR count). The zero-order chi connectivity index (χ0) is 14.3. The summed E-state index contributed by atoms with van der Waals surface area (Å²) in [5, 5.41) is 0. The van der Waals surface area contributed by atoms with Crippen LogP contribution in [-0.2, 0) is 0 Å². The predicted octanol–water partition coefficient (Wildman–Crippen LogP) is 3.31. The molecule has 0 fully saturated rings. The van der Waals surface area contributed by atoms with Crippen LogP contribution in [0.15, 0.2) is 42.6 Å². The van der Waals surface area contributed by atoms with E-state index in [1.54, 1.807) is 0 Å². The van der Waals surface area contributed by atoms with Crippen LogP contribution in [0.2, 0.25) is 0 Å². The minimum Gasteiger partial charge on any atom is -0.319 e. The third-order valence-electron chi connectivity index (χ3n) is 3.94. The number of aryl methyl sites for hydroxylation is 3. The van der Waals surface area contributed by atoms with Gasteiger partial charge >= 0.3 is 0 Å². The Balaban J connectivity index is 2.14. The normalized spacial score (nSPS) is 12.8. The van der Waals surface area contributed by atoms with Crippen molar-refractivity contribution in [1.29, 1.82) is 0 Å². The fourth-order valence-electron chi connectivity index (χ4n) is 2.62.